The van der Waals surface area contributed by atoms with Crippen LogP contribution in [0.1, 0.15) is 19.8 Å². The summed E-state index contributed by atoms with van der Waals surface area (Å²) < 4.78 is 12.6. The average molecular weight is 209 g/mol. The van der Waals surface area contributed by atoms with Crippen molar-refractivity contribution in [2.24, 2.45) is 5.92 Å². The molecule has 0 aliphatic carbocycles. The fraction of sp³-hybridized carbons (Fsp3) is 0.538. The standard InChI is InChI=1S/C13H20FN/c1-4-12(6-5-11(2)14)13-7-9-15(3)10-8-13/h4-6,13H,1,7-10H2,2-3H3/b11-5+,12-6+. The third-order valence-corrected chi connectivity index (χ3v) is 2.93. The summed E-state index contributed by atoms with van der Waals surface area (Å²) in [6.45, 7) is 7.50. The number of nitrogens with zero attached hydrogens (tertiary/aromatic N) is 1. The van der Waals surface area contributed by atoms with Crippen molar-refractivity contribution in [3.63, 3.8) is 0 Å². The first-order valence-corrected chi connectivity index (χ1v) is 5.48. The van der Waals surface area contributed by atoms with Gasteiger partial charge in [0.1, 0.15) is 0 Å². The van der Waals surface area contributed by atoms with Gasteiger partial charge in [0.05, 0.1) is 5.83 Å². The summed E-state index contributed by atoms with van der Waals surface area (Å²) in [4.78, 5) is 2.33. The van der Waals surface area contributed by atoms with E-state index in [-0.39, 0.29) is 5.83 Å². The molecule has 1 saturated heterocycles. The van der Waals surface area contributed by atoms with Crippen LogP contribution in [0.4, 0.5) is 4.39 Å². The van der Waals surface area contributed by atoms with Crippen molar-refractivity contribution in [2.45, 2.75) is 19.8 Å². The highest BCUT2D eigenvalue weighted by Crippen LogP contribution is 2.24. The minimum Gasteiger partial charge on any atom is -0.306 e. The first-order valence-electron chi connectivity index (χ1n) is 5.48. The van der Waals surface area contributed by atoms with Crippen LogP contribution in [0, 0.1) is 5.92 Å². The van der Waals surface area contributed by atoms with Gasteiger partial charge in [-0.1, -0.05) is 18.7 Å². The van der Waals surface area contributed by atoms with Crippen LogP contribution in [0.25, 0.3) is 0 Å². The molecule has 1 rings (SSSR count). The fourth-order valence-corrected chi connectivity index (χ4v) is 1.92. The van der Waals surface area contributed by atoms with E-state index in [9.17, 15) is 4.39 Å². The lowest BCUT2D eigenvalue weighted by molar-refractivity contribution is 0.240. The molecule has 1 heterocycles. The smallest absolute Gasteiger partial charge is 0.0968 e. The van der Waals surface area contributed by atoms with E-state index >= 15 is 0 Å². The molecule has 1 aliphatic heterocycles. The highest BCUT2D eigenvalue weighted by molar-refractivity contribution is 5.25. The normalized spacial score (nSPS) is 21.8. The molecular weight excluding hydrogens is 189 g/mol. The van der Waals surface area contributed by atoms with Crippen molar-refractivity contribution in [2.75, 3.05) is 20.1 Å². The molecule has 0 N–H and O–H groups in total. The van der Waals surface area contributed by atoms with Crippen LogP contribution >= 0.6 is 0 Å². The van der Waals surface area contributed by atoms with Gasteiger partial charge >= 0.3 is 0 Å². The second-order valence-electron chi connectivity index (χ2n) is 4.20. The summed E-state index contributed by atoms with van der Waals surface area (Å²) in [5, 5.41) is 0. The van der Waals surface area contributed by atoms with Gasteiger partial charge < -0.3 is 4.90 Å². The molecule has 0 aromatic heterocycles. The molecule has 0 atom stereocenters. The fourth-order valence-electron chi connectivity index (χ4n) is 1.92. The van der Waals surface area contributed by atoms with Gasteiger partial charge in [0.15, 0.2) is 0 Å². The molecule has 0 unspecified atom stereocenters. The SMILES string of the molecule is C=C/C(=C\C=C(/C)F)C1CCN(C)CC1. The van der Waals surface area contributed by atoms with Gasteiger partial charge in [-0.3, -0.25) is 0 Å². The maximum atomic E-state index is 12.6. The molecule has 0 saturated carbocycles. The Morgan fingerprint density at radius 1 is 1.33 bits per heavy atom. The number of likely N-dealkylation sites (tertiary alicyclic amines) is 1. The quantitative estimate of drug-likeness (QED) is 0.644. The van der Waals surface area contributed by atoms with Crippen molar-refractivity contribution >= 4 is 0 Å². The zero-order valence-electron chi connectivity index (χ0n) is 9.67. The molecule has 0 aromatic rings. The molecule has 2 heteroatoms. The largest absolute Gasteiger partial charge is 0.306 e. The van der Waals surface area contributed by atoms with Gasteiger partial charge in [0, 0.05) is 0 Å². The van der Waals surface area contributed by atoms with Gasteiger partial charge in [0.2, 0.25) is 0 Å². The predicted octanol–water partition coefficient (Wildman–Crippen LogP) is 3.31. The minimum atomic E-state index is -0.151. The molecule has 0 amide bonds. The first-order chi connectivity index (χ1) is 7.13. The minimum absolute atomic E-state index is 0.151. The summed E-state index contributed by atoms with van der Waals surface area (Å²) in [6, 6.07) is 0. The number of halogens is 1. The van der Waals surface area contributed by atoms with E-state index in [0.29, 0.717) is 5.92 Å². The van der Waals surface area contributed by atoms with Crippen molar-refractivity contribution in [1.82, 2.24) is 4.90 Å². The molecule has 1 fully saturated rings. The predicted molar refractivity (Wildman–Crippen MR) is 63.4 cm³/mol. The van der Waals surface area contributed by atoms with Gasteiger partial charge in [-0.05, 0) is 57.5 Å². The van der Waals surface area contributed by atoms with Crippen LogP contribution in [0.3, 0.4) is 0 Å². The molecule has 0 aromatic carbocycles. The number of allylic oxidation sites excluding steroid dienone is 5. The molecule has 0 spiro atoms. The second kappa shape index (κ2) is 5.86. The van der Waals surface area contributed by atoms with Crippen LogP contribution in [0.2, 0.25) is 0 Å². The molecule has 0 radical (unpaired) electrons. The maximum Gasteiger partial charge on any atom is 0.0968 e. The lowest BCUT2D eigenvalue weighted by Gasteiger charge is -2.29. The summed E-state index contributed by atoms with van der Waals surface area (Å²) in [5.74, 6) is 0.400. The summed E-state index contributed by atoms with van der Waals surface area (Å²) in [5.41, 5.74) is 1.17. The molecular formula is C13H20FN. The van der Waals surface area contributed by atoms with Crippen LogP contribution in [-0.4, -0.2) is 25.0 Å². The Kier molecular flexibility index (Phi) is 4.76. The van der Waals surface area contributed by atoms with Gasteiger partial charge in [-0.25, -0.2) is 4.39 Å². The van der Waals surface area contributed by atoms with Crippen LogP contribution in [-0.2, 0) is 0 Å². The lowest BCUT2D eigenvalue weighted by Crippen LogP contribution is -2.30. The van der Waals surface area contributed by atoms with E-state index in [2.05, 4.69) is 18.5 Å². The van der Waals surface area contributed by atoms with Crippen molar-refractivity contribution in [1.29, 1.82) is 0 Å². The van der Waals surface area contributed by atoms with Gasteiger partial charge in [-0.2, -0.15) is 0 Å². The Bertz CT molecular complexity index is 266. The molecule has 0 bridgehead atoms. The number of rotatable bonds is 3. The maximum absolute atomic E-state index is 12.6. The van der Waals surface area contributed by atoms with Crippen molar-refractivity contribution in [3.8, 4) is 0 Å². The first kappa shape index (κ1) is 12.2. The summed E-state index contributed by atoms with van der Waals surface area (Å²) in [6.07, 6.45) is 7.53. The van der Waals surface area contributed by atoms with Crippen LogP contribution in [0.5, 0.6) is 0 Å². The average Bonchev–Trinajstić information content (AvgIpc) is 2.21. The lowest BCUT2D eigenvalue weighted by atomic mass is 9.89. The third-order valence-electron chi connectivity index (χ3n) is 2.93. The second-order valence-corrected chi connectivity index (χ2v) is 4.20. The number of hydrogen-bond acceptors (Lipinski definition) is 1. The molecule has 15 heavy (non-hydrogen) atoms. The number of piperidine rings is 1. The Balaban J connectivity index is 2.63. The van der Waals surface area contributed by atoms with Gasteiger partial charge in [-0.15, -0.1) is 0 Å². The van der Waals surface area contributed by atoms with Crippen LogP contribution < -0.4 is 0 Å². The number of hydrogen-bond donors (Lipinski definition) is 0. The Morgan fingerprint density at radius 2 is 1.93 bits per heavy atom. The zero-order chi connectivity index (χ0) is 11.3. The van der Waals surface area contributed by atoms with Crippen molar-refractivity contribution in [3.05, 3.63) is 36.2 Å². The van der Waals surface area contributed by atoms with E-state index in [0.717, 1.165) is 25.9 Å². The van der Waals surface area contributed by atoms with Crippen molar-refractivity contribution < 1.29 is 4.39 Å². The van der Waals surface area contributed by atoms with Crippen LogP contribution in [0.15, 0.2) is 36.2 Å². The highest BCUT2D eigenvalue weighted by Gasteiger charge is 2.18. The third kappa shape index (κ3) is 4.00. The Hall–Kier alpha value is -0.890. The zero-order valence-corrected chi connectivity index (χ0v) is 9.67. The Morgan fingerprint density at radius 3 is 2.40 bits per heavy atom. The molecule has 1 aliphatic rings. The summed E-state index contributed by atoms with van der Waals surface area (Å²) >= 11 is 0. The van der Waals surface area contributed by atoms with E-state index in [4.69, 9.17) is 0 Å². The molecule has 84 valence electrons. The van der Waals surface area contributed by atoms with E-state index in [1.54, 1.807) is 0 Å². The monoisotopic (exact) mass is 209 g/mol. The topological polar surface area (TPSA) is 3.24 Å². The molecule has 1 nitrogen and oxygen atoms in total. The highest BCUT2D eigenvalue weighted by atomic mass is 19.1. The van der Waals surface area contributed by atoms with E-state index in [1.165, 1.54) is 18.6 Å². The van der Waals surface area contributed by atoms with E-state index < -0.39 is 0 Å². The van der Waals surface area contributed by atoms with Gasteiger partial charge in [0.25, 0.3) is 0 Å². The summed E-state index contributed by atoms with van der Waals surface area (Å²) in [7, 11) is 2.14. The Labute approximate surface area is 92.0 Å². The van der Waals surface area contributed by atoms with E-state index in [1.807, 2.05) is 12.2 Å².